The Morgan fingerprint density at radius 1 is 0.783 bits per heavy atom. The number of alkyl halides is 3. The standard InChI is InChI=1S/C18H35Cl3S2/c1-4-7-9-11-13-16(14-12-10-8-5-2)17(23-22-6-3)15-18(19,20)21/h16-17H,4-15H2,1-3H3/t17-/m0/s1. The minimum absolute atomic E-state index is 0.454. The third kappa shape index (κ3) is 15.5. The van der Waals surface area contributed by atoms with Crippen LogP contribution in [0.3, 0.4) is 0 Å². The van der Waals surface area contributed by atoms with Gasteiger partial charge in [-0.15, -0.1) is 0 Å². The molecular formula is C18H35Cl3S2. The van der Waals surface area contributed by atoms with Gasteiger partial charge in [0.25, 0.3) is 0 Å². The molecule has 0 aliphatic carbocycles. The zero-order chi connectivity index (χ0) is 17.6. The highest BCUT2D eigenvalue weighted by Gasteiger charge is 2.31. The zero-order valence-electron chi connectivity index (χ0n) is 15.1. The van der Waals surface area contributed by atoms with E-state index in [2.05, 4.69) is 20.8 Å². The molecule has 0 fully saturated rings. The average molecular weight is 422 g/mol. The first-order valence-electron chi connectivity index (χ1n) is 9.29. The first-order valence-corrected chi connectivity index (χ1v) is 12.8. The van der Waals surface area contributed by atoms with Crippen molar-refractivity contribution in [3.63, 3.8) is 0 Å². The summed E-state index contributed by atoms with van der Waals surface area (Å²) in [4.78, 5) is 0. The monoisotopic (exact) mass is 420 g/mol. The molecule has 0 saturated heterocycles. The first kappa shape index (κ1) is 24.6. The molecule has 0 aromatic rings. The van der Waals surface area contributed by atoms with Crippen LogP contribution in [0, 0.1) is 5.92 Å². The van der Waals surface area contributed by atoms with Crippen LogP contribution in [-0.2, 0) is 0 Å². The van der Waals surface area contributed by atoms with E-state index in [0.717, 1.165) is 5.75 Å². The number of halogens is 3. The van der Waals surface area contributed by atoms with Crippen molar-refractivity contribution in [1.29, 1.82) is 0 Å². The molecule has 0 radical (unpaired) electrons. The summed E-state index contributed by atoms with van der Waals surface area (Å²) in [5.74, 6) is 1.79. The Bertz CT molecular complexity index is 245. The van der Waals surface area contributed by atoms with Gasteiger partial charge >= 0.3 is 0 Å². The Labute approximate surface area is 167 Å². The van der Waals surface area contributed by atoms with Crippen LogP contribution in [0.4, 0.5) is 0 Å². The molecule has 0 heterocycles. The lowest BCUT2D eigenvalue weighted by molar-refractivity contribution is 0.386. The minimum atomic E-state index is -1.13. The van der Waals surface area contributed by atoms with Gasteiger partial charge in [0.15, 0.2) is 3.79 Å². The maximum atomic E-state index is 6.13. The van der Waals surface area contributed by atoms with Crippen LogP contribution in [-0.4, -0.2) is 14.8 Å². The highest BCUT2D eigenvalue weighted by atomic mass is 35.6. The molecule has 0 aliphatic rings. The Morgan fingerprint density at radius 2 is 1.30 bits per heavy atom. The van der Waals surface area contributed by atoms with E-state index in [-0.39, 0.29) is 0 Å². The van der Waals surface area contributed by atoms with Crippen molar-refractivity contribution in [3.8, 4) is 0 Å². The average Bonchev–Trinajstić information content (AvgIpc) is 2.49. The number of hydrogen-bond acceptors (Lipinski definition) is 2. The fraction of sp³-hybridized carbons (Fsp3) is 1.00. The Morgan fingerprint density at radius 3 is 1.70 bits per heavy atom. The quantitative estimate of drug-likeness (QED) is 0.147. The largest absolute Gasteiger partial charge is 0.191 e. The van der Waals surface area contributed by atoms with Crippen molar-refractivity contribution in [1.82, 2.24) is 0 Å². The maximum Gasteiger partial charge on any atom is 0.191 e. The van der Waals surface area contributed by atoms with E-state index in [1.165, 1.54) is 64.2 Å². The molecule has 5 heteroatoms. The maximum absolute atomic E-state index is 6.13. The van der Waals surface area contributed by atoms with Gasteiger partial charge in [0.2, 0.25) is 0 Å². The predicted octanol–water partition coefficient (Wildman–Crippen LogP) is 9.07. The predicted molar refractivity (Wildman–Crippen MR) is 115 cm³/mol. The Balaban J connectivity index is 4.59. The van der Waals surface area contributed by atoms with Crippen LogP contribution >= 0.6 is 56.4 Å². The van der Waals surface area contributed by atoms with Gasteiger partial charge in [-0.25, -0.2) is 0 Å². The van der Waals surface area contributed by atoms with E-state index in [1.54, 1.807) is 0 Å². The molecule has 0 rings (SSSR count). The van der Waals surface area contributed by atoms with Crippen molar-refractivity contribution < 1.29 is 0 Å². The summed E-state index contributed by atoms with van der Waals surface area (Å²) < 4.78 is -1.13. The summed E-state index contributed by atoms with van der Waals surface area (Å²) in [6.45, 7) is 6.73. The van der Waals surface area contributed by atoms with E-state index in [0.29, 0.717) is 17.6 Å². The number of unbranched alkanes of at least 4 members (excludes halogenated alkanes) is 6. The van der Waals surface area contributed by atoms with Crippen LogP contribution in [0.25, 0.3) is 0 Å². The summed E-state index contributed by atoms with van der Waals surface area (Å²) in [6, 6.07) is 0. The topological polar surface area (TPSA) is 0 Å². The van der Waals surface area contributed by atoms with Gasteiger partial charge < -0.3 is 0 Å². The van der Waals surface area contributed by atoms with Crippen molar-refractivity contribution in [2.45, 2.75) is 100 Å². The second-order valence-corrected chi connectivity index (χ2v) is 11.7. The van der Waals surface area contributed by atoms with Gasteiger partial charge in [-0.2, -0.15) is 0 Å². The van der Waals surface area contributed by atoms with Crippen molar-refractivity contribution >= 4 is 56.4 Å². The van der Waals surface area contributed by atoms with E-state index in [9.17, 15) is 0 Å². The zero-order valence-corrected chi connectivity index (χ0v) is 19.0. The molecule has 0 bridgehead atoms. The molecule has 0 saturated carbocycles. The van der Waals surface area contributed by atoms with Gasteiger partial charge in [-0.05, 0) is 18.8 Å². The third-order valence-electron chi connectivity index (χ3n) is 4.12. The summed E-state index contributed by atoms with van der Waals surface area (Å²) in [6.07, 6.45) is 13.8. The molecule has 0 aromatic carbocycles. The smallest absolute Gasteiger partial charge is 0.0942 e. The molecule has 0 aromatic heterocycles. The first-order chi connectivity index (χ1) is 10.9. The molecule has 23 heavy (non-hydrogen) atoms. The summed E-state index contributed by atoms with van der Waals surface area (Å²) in [5.41, 5.74) is 0. The molecular weight excluding hydrogens is 387 g/mol. The molecule has 0 spiro atoms. The molecule has 0 nitrogen and oxygen atoms in total. The molecule has 140 valence electrons. The Hall–Kier alpha value is 1.57. The lowest BCUT2D eigenvalue weighted by Gasteiger charge is -2.29. The summed E-state index contributed by atoms with van der Waals surface area (Å²) >= 11 is 18.4. The molecule has 0 amide bonds. The highest BCUT2D eigenvalue weighted by molar-refractivity contribution is 8.76. The summed E-state index contributed by atoms with van der Waals surface area (Å²) in [7, 11) is 3.86. The molecule has 1 atom stereocenters. The van der Waals surface area contributed by atoms with Crippen LogP contribution in [0.2, 0.25) is 0 Å². The lowest BCUT2D eigenvalue weighted by Crippen LogP contribution is -2.23. The van der Waals surface area contributed by atoms with Crippen LogP contribution < -0.4 is 0 Å². The fourth-order valence-corrected chi connectivity index (χ4v) is 6.29. The number of rotatable bonds is 15. The van der Waals surface area contributed by atoms with Crippen LogP contribution in [0.1, 0.15) is 91.4 Å². The minimum Gasteiger partial charge on any atom is -0.0942 e. The van der Waals surface area contributed by atoms with Gasteiger partial charge in [0.1, 0.15) is 0 Å². The van der Waals surface area contributed by atoms with Crippen molar-refractivity contribution in [3.05, 3.63) is 0 Å². The SMILES string of the molecule is CCCCCCC(CCCCCC)[C@H](CC(Cl)(Cl)Cl)SSCC. The van der Waals surface area contributed by atoms with Gasteiger partial charge in [-0.1, -0.05) is 129 Å². The second-order valence-electron chi connectivity index (χ2n) is 6.32. The third-order valence-corrected chi connectivity index (χ3v) is 7.62. The van der Waals surface area contributed by atoms with Crippen LogP contribution in [0.5, 0.6) is 0 Å². The summed E-state index contributed by atoms with van der Waals surface area (Å²) in [5, 5.41) is 0.454. The second kappa shape index (κ2) is 15.8. The lowest BCUT2D eigenvalue weighted by atomic mass is 9.90. The molecule has 0 N–H and O–H groups in total. The van der Waals surface area contributed by atoms with E-state index >= 15 is 0 Å². The van der Waals surface area contributed by atoms with Gasteiger partial charge in [0, 0.05) is 17.4 Å². The van der Waals surface area contributed by atoms with E-state index < -0.39 is 3.79 Å². The fourth-order valence-electron chi connectivity index (χ4n) is 2.85. The van der Waals surface area contributed by atoms with Crippen molar-refractivity contribution in [2.75, 3.05) is 5.75 Å². The normalized spacial score (nSPS) is 13.7. The molecule has 0 aliphatic heterocycles. The Kier molecular flexibility index (Phi) is 16.9. The van der Waals surface area contributed by atoms with Crippen LogP contribution in [0.15, 0.2) is 0 Å². The van der Waals surface area contributed by atoms with E-state index in [1.807, 2.05) is 21.6 Å². The highest BCUT2D eigenvalue weighted by Crippen LogP contribution is 2.44. The number of hydrogen-bond donors (Lipinski definition) is 0. The molecule has 0 unspecified atom stereocenters. The van der Waals surface area contributed by atoms with Gasteiger partial charge in [-0.3, -0.25) is 0 Å². The van der Waals surface area contributed by atoms with Gasteiger partial charge in [0.05, 0.1) is 0 Å². The van der Waals surface area contributed by atoms with Crippen molar-refractivity contribution in [2.24, 2.45) is 5.92 Å². The van der Waals surface area contributed by atoms with E-state index in [4.69, 9.17) is 34.8 Å².